The summed E-state index contributed by atoms with van der Waals surface area (Å²) >= 11 is 1.25. The van der Waals surface area contributed by atoms with Crippen LogP contribution in [0.2, 0.25) is 0 Å². The number of anilines is 1. The first kappa shape index (κ1) is 18.5. The first-order valence-corrected chi connectivity index (χ1v) is 9.95. The molecule has 0 bridgehead atoms. The van der Waals surface area contributed by atoms with Gasteiger partial charge in [0.25, 0.3) is 0 Å². The van der Waals surface area contributed by atoms with Crippen molar-refractivity contribution in [1.82, 2.24) is 9.47 Å². The van der Waals surface area contributed by atoms with Gasteiger partial charge in [0.2, 0.25) is 5.91 Å². The van der Waals surface area contributed by atoms with Crippen LogP contribution in [0.1, 0.15) is 27.0 Å². The molecule has 3 aromatic rings. The summed E-state index contributed by atoms with van der Waals surface area (Å²) in [6.45, 7) is 1.84. The molecule has 1 aliphatic heterocycles. The fourth-order valence-corrected chi connectivity index (χ4v) is 4.42. The average molecular weight is 395 g/mol. The molecule has 1 unspecified atom stereocenters. The Morgan fingerprint density at radius 3 is 2.75 bits per heavy atom. The first-order chi connectivity index (χ1) is 13.7. The third-order valence-electron chi connectivity index (χ3n) is 4.91. The van der Waals surface area contributed by atoms with Crippen molar-refractivity contribution in [2.24, 2.45) is 0 Å². The molecular formula is C21H21N3O3S. The minimum Gasteiger partial charge on any atom is -0.465 e. The molecule has 3 heterocycles. The van der Waals surface area contributed by atoms with Gasteiger partial charge in [0, 0.05) is 25.0 Å². The molecule has 1 aromatic carbocycles. The van der Waals surface area contributed by atoms with Crippen LogP contribution in [0.15, 0.2) is 60.1 Å². The van der Waals surface area contributed by atoms with E-state index in [1.807, 2.05) is 24.3 Å². The molecule has 0 saturated heterocycles. The quantitative estimate of drug-likeness (QED) is 0.673. The van der Waals surface area contributed by atoms with Crippen LogP contribution in [0, 0.1) is 0 Å². The normalized spacial score (nSPS) is 16.4. The van der Waals surface area contributed by atoms with E-state index in [4.69, 9.17) is 4.74 Å². The number of benzene rings is 1. The van der Waals surface area contributed by atoms with Crippen molar-refractivity contribution >= 4 is 28.9 Å². The van der Waals surface area contributed by atoms with Gasteiger partial charge in [-0.2, -0.15) is 0 Å². The van der Waals surface area contributed by atoms with Crippen molar-refractivity contribution in [2.75, 3.05) is 25.5 Å². The zero-order valence-electron chi connectivity index (χ0n) is 15.5. The van der Waals surface area contributed by atoms with Gasteiger partial charge in [0.1, 0.15) is 4.88 Å². The number of nitrogens with one attached hydrogen (secondary N) is 1. The average Bonchev–Trinajstić information content (AvgIpc) is 3.37. The lowest BCUT2D eigenvalue weighted by Crippen LogP contribution is -2.42. The summed E-state index contributed by atoms with van der Waals surface area (Å²) in [5.41, 5.74) is 2.83. The number of nitrogens with zero attached hydrogens (tertiary/aromatic N) is 2. The maximum atomic E-state index is 12.8. The van der Waals surface area contributed by atoms with Gasteiger partial charge in [0.05, 0.1) is 25.4 Å². The molecule has 1 amide bonds. The molecule has 1 atom stereocenters. The number of aromatic nitrogens is 1. The third kappa shape index (κ3) is 3.58. The lowest BCUT2D eigenvalue weighted by atomic mass is 10.00. The summed E-state index contributed by atoms with van der Waals surface area (Å²) in [6.07, 6.45) is 2.08. The number of rotatable bonds is 5. The summed E-state index contributed by atoms with van der Waals surface area (Å²) < 4.78 is 7.02. The topological polar surface area (TPSA) is 63.6 Å². The Kier molecular flexibility index (Phi) is 5.27. The maximum Gasteiger partial charge on any atom is 0.350 e. The van der Waals surface area contributed by atoms with Crippen LogP contribution < -0.4 is 5.32 Å². The lowest BCUT2D eigenvalue weighted by Gasteiger charge is -2.36. The molecular weight excluding hydrogens is 374 g/mol. The molecule has 28 heavy (non-hydrogen) atoms. The van der Waals surface area contributed by atoms with Gasteiger partial charge >= 0.3 is 5.97 Å². The van der Waals surface area contributed by atoms with Crippen molar-refractivity contribution in [1.29, 1.82) is 0 Å². The van der Waals surface area contributed by atoms with Crippen LogP contribution in [0.3, 0.4) is 0 Å². The summed E-state index contributed by atoms with van der Waals surface area (Å²) in [5, 5.41) is 4.63. The van der Waals surface area contributed by atoms with E-state index in [-0.39, 0.29) is 18.5 Å². The molecule has 4 rings (SSSR count). The summed E-state index contributed by atoms with van der Waals surface area (Å²) in [7, 11) is 1.33. The fourth-order valence-electron chi connectivity index (χ4n) is 3.65. The van der Waals surface area contributed by atoms with E-state index >= 15 is 0 Å². The second-order valence-corrected chi connectivity index (χ2v) is 7.53. The Morgan fingerprint density at radius 1 is 1.14 bits per heavy atom. The minimum atomic E-state index is -0.441. The maximum absolute atomic E-state index is 12.8. The van der Waals surface area contributed by atoms with Gasteiger partial charge in [-0.3, -0.25) is 9.69 Å². The Bertz CT molecular complexity index is 980. The van der Waals surface area contributed by atoms with E-state index in [1.165, 1.54) is 24.1 Å². The van der Waals surface area contributed by atoms with Crippen LogP contribution in [0.25, 0.3) is 0 Å². The number of esters is 1. The molecule has 0 fully saturated rings. The van der Waals surface area contributed by atoms with Gasteiger partial charge in [-0.15, -0.1) is 11.3 Å². The highest BCUT2D eigenvalue weighted by Gasteiger charge is 2.30. The highest BCUT2D eigenvalue weighted by molar-refractivity contribution is 7.12. The van der Waals surface area contributed by atoms with E-state index < -0.39 is 5.97 Å². The Labute approximate surface area is 167 Å². The number of amides is 1. The van der Waals surface area contributed by atoms with Gasteiger partial charge < -0.3 is 14.6 Å². The predicted octanol–water partition coefficient (Wildman–Crippen LogP) is 3.38. The minimum absolute atomic E-state index is 0.0123. The third-order valence-corrected chi connectivity index (χ3v) is 5.80. The highest BCUT2D eigenvalue weighted by Crippen LogP contribution is 2.32. The second-order valence-electron chi connectivity index (χ2n) is 6.61. The van der Waals surface area contributed by atoms with Gasteiger partial charge in [-0.05, 0) is 29.1 Å². The smallest absolute Gasteiger partial charge is 0.350 e. The number of carbonyl (C=O) groups is 2. The molecule has 0 aliphatic carbocycles. The molecule has 6 nitrogen and oxygen atoms in total. The molecule has 2 aromatic heterocycles. The number of ether oxygens (including phenoxy) is 1. The number of thiophene rings is 1. The Hall–Kier alpha value is -2.90. The van der Waals surface area contributed by atoms with E-state index in [2.05, 4.69) is 39.2 Å². The highest BCUT2D eigenvalue weighted by atomic mass is 32.1. The van der Waals surface area contributed by atoms with E-state index in [1.54, 1.807) is 11.4 Å². The van der Waals surface area contributed by atoms with Gasteiger partial charge in [-0.25, -0.2) is 4.79 Å². The van der Waals surface area contributed by atoms with Gasteiger partial charge in [0.15, 0.2) is 0 Å². The lowest BCUT2D eigenvalue weighted by molar-refractivity contribution is -0.117. The zero-order valence-corrected chi connectivity index (χ0v) is 16.3. The van der Waals surface area contributed by atoms with Crippen molar-refractivity contribution < 1.29 is 14.3 Å². The van der Waals surface area contributed by atoms with E-state index in [9.17, 15) is 9.59 Å². The monoisotopic (exact) mass is 395 g/mol. The van der Waals surface area contributed by atoms with Crippen LogP contribution in [-0.2, 0) is 16.1 Å². The zero-order chi connectivity index (χ0) is 19.5. The second kappa shape index (κ2) is 8.00. The number of hydrogen-bond donors (Lipinski definition) is 1. The van der Waals surface area contributed by atoms with Crippen molar-refractivity contribution in [3.63, 3.8) is 0 Å². The molecule has 1 aliphatic rings. The molecule has 0 radical (unpaired) electrons. The SMILES string of the molecule is COC(=O)c1sccc1NC(=O)CN1CCn2cccc2C1c1ccccc1. The first-order valence-electron chi connectivity index (χ1n) is 9.07. The predicted molar refractivity (Wildman–Crippen MR) is 109 cm³/mol. The standard InChI is InChI=1S/C21H21N3O3S/c1-27-21(26)20-16(9-13-28-20)22-18(25)14-24-12-11-23-10-5-8-17(23)19(24)15-6-3-2-4-7-15/h2-10,13,19H,11-12,14H2,1H3,(H,22,25). The van der Waals surface area contributed by atoms with Crippen LogP contribution in [-0.4, -0.2) is 41.5 Å². The van der Waals surface area contributed by atoms with Gasteiger partial charge in [-0.1, -0.05) is 30.3 Å². The summed E-state index contributed by atoms with van der Waals surface area (Å²) in [4.78, 5) is 27.2. The number of hydrogen-bond acceptors (Lipinski definition) is 5. The van der Waals surface area contributed by atoms with Crippen molar-refractivity contribution in [3.8, 4) is 0 Å². The number of fused-ring (bicyclic) bond motifs is 1. The van der Waals surface area contributed by atoms with Crippen molar-refractivity contribution in [3.05, 3.63) is 76.2 Å². The summed E-state index contributed by atoms with van der Waals surface area (Å²) in [5.74, 6) is -0.590. The van der Waals surface area contributed by atoms with Crippen molar-refractivity contribution in [2.45, 2.75) is 12.6 Å². The fraction of sp³-hybridized carbons (Fsp3) is 0.238. The van der Waals surface area contributed by atoms with Crippen LogP contribution in [0.5, 0.6) is 0 Å². The number of carbonyl (C=O) groups excluding carboxylic acids is 2. The van der Waals surface area contributed by atoms with Crippen LogP contribution in [0.4, 0.5) is 5.69 Å². The van der Waals surface area contributed by atoms with E-state index in [0.29, 0.717) is 10.6 Å². The Morgan fingerprint density at radius 2 is 1.96 bits per heavy atom. The van der Waals surface area contributed by atoms with E-state index in [0.717, 1.165) is 18.7 Å². The largest absolute Gasteiger partial charge is 0.465 e. The molecule has 0 saturated carbocycles. The summed E-state index contributed by atoms with van der Waals surface area (Å²) in [6, 6.07) is 16.1. The molecule has 7 heteroatoms. The number of methoxy groups -OCH3 is 1. The Balaban J connectivity index is 1.54. The molecule has 0 spiro atoms. The molecule has 1 N–H and O–H groups in total. The molecule has 144 valence electrons. The van der Waals surface area contributed by atoms with Crippen LogP contribution >= 0.6 is 11.3 Å².